The van der Waals surface area contributed by atoms with E-state index in [4.69, 9.17) is 0 Å². The Bertz CT molecular complexity index is 739. The minimum absolute atomic E-state index is 0.619. The normalized spacial score (nSPS) is 21.0. The Morgan fingerprint density at radius 2 is 2.12 bits per heavy atom. The number of nitrogens with zero attached hydrogens (tertiary/aromatic N) is 3. The van der Waals surface area contributed by atoms with Crippen molar-refractivity contribution in [3.05, 3.63) is 57.8 Å². The summed E-state index contributed by atoms with van der Waals surface area (Å²) in [6.45, 7) is 6.45. The minimum Gasteiger partial charge on any atom is -0.355 e. The highest BCUT2D eigenvalue weighted by Gasteiger charge is 2.26. The second kappa shape index (κ2) is 8.23. The quantitative estimate of drug-likeness (QED) is 0.664. The molecular formula is C21H28N4S. The maximum absolute atomic E-state index is 4.52. The number of guanidine groups is 1. The summed E-state index contributed by atoms with van der Waals surface area (Å²) in [7, 11) is 1.90. The molecule has 3 heterocycles. The van der Waals surface area contributed by atoms with E-state index in [9.17, 15) is 0 Å². The first-order valence-electron chi connectivity index (χ1n) is 9.61. The number of hydrogen-bond acceptors (Lipinski definition) is 3. The highest BCUT2D eigenvalue weighted by atomic mass is 32.1. The van der Waals surface area contributed by atoms with Crippen molar-refractivity contribution in [3.63, 3.8) is 0 Å². The van der Waals surface area contributed by atoms with Crippen LogP contribution in [0.5, 0.6) is 0 Å². The Morgan fingerprint density at radius 1 is 1.23 bits per heavy atom. The molecule has 1 atom stereocenters. The number of likely N-dealkylation sites (tertiary alicyclic amines) is 1. The van der Waals surface area contributed by atoms with Gasteiger partial charge in [0.15, 0.2) is 5.96 Å². The molecule has 2 aliphatic heterocycles. The lowest BCUT2D eigenvalue weighted by Crippen LogP contribution is -2.44. The number of fused-ring (bicyclic) bond motifs is 1. The van der Waals surface area contributed by atoms with Gasteiger partial charge in [-0.25, -0.2) is 0 Å². The van der Waals surface area contributed by atoms with Crippen LogP contribution in [0.4, 0.5) is 0 Å². The average molecular weight is 369 g/mol. The molecule has 0 spiro atoms. The summed E-state index contributed by atoms with van der Waals surface area (Å²) in [4.78, 5) is 11.1. The lowest BCUT2D eigenvalue weighted by atomic mass is 9.99. The van der Waals surface area contributed by atoms with Crippen LogP contribution in [0.2, 0.25) is 0 Å². The highest BCUT2D eigenvalue weighted by Crippen LogP contribution is 2.27. The molecule has 4 rings (SSSR count). The van der Waals surface area contributed by atoms with Crippen molar-refractivity contribution in [2.24, 2.45) is 4.99 Å². The van der Waals surface area contributed by atoms with Crippen LogP contribution in [0.25, 0.3) is 0 Å². The van der Waals surface area contributed by atoms with Crippen LogP contribution in [0.3, 0.4) is 0 Å². The van der Waals surface area contributed by atoms with E-state index in [2.05, 4.69) is 61.9 Å². The van der Waals surface area contributed by atoms with Crippen molar-refractivity contribution in [3.8, 4) is 0 Å². The van der Waals surface area contributed by atoms with E-state index in [0.29, 0.717) is 5.92 Å². The van der Waals surface area contributed by atoms with Crippen LogP contribution in [0.15, 0.2) is 46.8 Å². The van der Waals surface area contributed by atoms with Crippen molar-refractivity contribution >= 4 is 17.3 Å². The Labute approximate surface area is 160 Å². The number of benzene rings is 1. The molecule has 2 aromatic rings. The summed E-state index contributed by atoms with van der Waals surface area (Å²) in [6.07, 6.45) is 2.41. The predicted molar refractivity (Wildman–Crippen MR) is 110 cm³/mol. The molecule has 0 aliphatic carbocycles. The smallest absolute Gasteiger partial charge is 0.193 e. The zero-order valence-corrected chi connectivity index (χ0v) is 16.3. The second-order valence-electron chi connectivity index (χ2n) is 7.21. The molecule has 1 unspecified atom stereocenters. The standard InChI is InChI=1S/C21H28N4S/c1-22-21(25-12-7-18(16-25)17-5-3-2-4-6-17)23-10-13-24-11-8-20-19(15-24)9-14-26-20/h2-6,9,14,18H,7-8,10-13,15-16H2,1H3,(H,22,23). The van der Waals surface area contributed by atoms with Crippen molar-refractivity contribution < 1.29 is 0 Å². The van der Waals surface area contributed by atoms with E-state index < -0.39 is 0 Å². The van der Waals surface area contributed by atoms with Crippen molar-refractivity contribution in [1.82, 2.24) is 15.1 Å². The van der Waals surface area contributed by atoms with Crippen LogP contribution < -0.4 is 5.32 Å². The van der Waals surface area contributed by atoms with Crippen molar-refractivity contribution in [2.45, 2.75) is 25.3 Å². The Hall–Kier alpha value is -1.85. The van der Waals surface area contributed by atoms with Gasteiger partial charge in [0.2, 0.25) is 0 Å². The van der Waals surface area contributed by atoms with Crippen LogP contribution in [0, 0.1) is 0 Å². The van der Waals surface area contributed by atoms with Crippen LogP contribution >= 0.6 is 11.3 Å². The van der Waals surface area contributed by atoms with E-state index in [1.807, 2.05) is 18.4 Å². The number of hydrogen-bond donors (Lipinski definition) is 1. The molecule has 0 saturated carbocycles. The molecule has 1 saturated heterocycles. The fourth-order valence-corrected chi connectivity index (χ4v) is 5.00. The second-order valence-corrected chi connectivity index (χ2v) is 8.21. The average Bonchev–Trinajstić information content (AvgIpc) is 3.35. The molecule has 0 bridgehead atoms. The Morgan fingerprint density at radius 3 is 2.96 bits per heavy atom. The molecule has 1 fully saturated rings. The van der Waals surface area contributed by atoms with Crippen LogP contribution in [-0.4, -0.2) is 55.5 Å². The van der Waals surface area contributed by atoms with E-state index in [-0.39, 0.29) is 0 Å². The SMILES string of the molecule is CN=C(NCCN1CCc2sccc2C1)N1CCC(c2ccccc2)C1. The van der Waals surface area contributed by atoms with Gasteiger partial charge in [-0.1, -0.05) is 30.3 Å². The first-order valence-corrected chi connectivity index (χ1v) is 10.5. The molecule has 1 N–H and O–H groups in total. The van der Waals surface area contributed by atoms with Gasteiger partial charge >= 0.3 is 0 Å². The first-order chi connectivity index (χ1) is 12.8. The third kappa shape index (κ3) is 3.94. The van der Waals surface area contributed by atoms with E-state index in [1.165, 1.54) is 30.5 Å². The summed E-state index contributed by atoms with van der Waals surface area (Å²) >= 11 is 1.91. The summed E-state index contributed by atoms with van der Waals surface area (Å²) in [5.74, 6) is 1.67. The third-order valence-corrected chi connectivity index (χ3v) is 6.59. The molecule has 1 aromatic heterocycles. The number of rotatable bonds is 4. The largest absolute Gasteiger partial charge is 0.355 e. The van der Waals surface area contributed by atoms with Gasteiger partial charge in [0.1, 0.15) is 0 Å². The molecule has 5 heteroatoms. The molecule has 0 amide bonds. The summed E-state index contributed by atoms with van der Waals surface area (Å²) < 4.78 is 0. The summed E-state index contributed by atoms with van der Waals surface area (Å²) in [5, 5.41) is 5.81. The number of thiophene rings is 1. The summed E-state index contributed by atoms with van der Waals surface area (Å²) in [5.41, 5.74) is 2.97. The maximum atomic E-state index is 4.52. The van der Waals surface area contributed by atoms with E-state index in [0.717, 1.165) is 38.7 Å². The van der Waals surface area contributed by atoms with Gasteiger partial charge in [0.05, 0.1) is 0 Å². The van der Waals surface area contributed by atoms with Gasteiger partial charge in [-0.2, -0.15) is 0 Å². The topological polar surface area (TPSA) is 30.9 Å². The first kappa shape index (κ1) is 17.6. The van der Waals surface area contributed by atoms with Gasteiger partial charge < -0.3 is 10.2 Å². The molecule has 26 heavy (non-hydrogen) atoms. The molecule has 4 nitrogen and oxygen atoms in total. The number of nitrogens with one attached hydrogen (secondary N) is 1. The fourth-order valence-electron chi connectivity index (χ4n) is 4.11. The van der Waals surface area contributed by atoms with Crippen LogP contribution in [-0.2, 0) is 13.0 Å². The predicted octanol–water partition coefficient (Wildman–Crippen LogP) is 3.17. The summed E-state index contributed by atoms with van der Waals surface area (Å²) in [6, 6.07) is 13.2. The Kier molecular flexibility index (Phi) is 5.56. The zero-order chi connectivity index (χ0) is 17.8. The maximum Gasteiger partial charge on any atom is 0.193 e. The monoisotopic (exact) mass is 368 g/mol. The Balaban J connectivity index is 1.25. The molecule has 1 aromatic carbocycles. The molecule has 138 valence electrons. The van der Waals surface area contributed by atoms with Crippen LogP contribution in [0.1, 0.15) is 28.3 Å². The molecular weight excluding hydrogens is 340 g/mol. The third-order valence-electron chi connectivity index (χ3n) is 5.57. The molecule has 2 aliphatic rings. The van der Waals surface area contributed by atoms with Crippen molar-refractivity contribution in [1.29, 1.82) is 0 Å². The minimum atomic E-state index is 0.619. The number of aliphatic imine (C=N–C) groups is 1. The lowest BCUT2D eigenvalue weighted by molar-refractivity contribution is 0.259. The van der Waals surface area contributed by atoms with Crippen molar-refractivity contribution in [2.75, 3.05) is 39.8 Å². The molecule has 0 radical (unpaired) electrons. The lowest BCUT2D eigenvalue weighted by Gasteiger charge is -2.28. The van der Waals surface area contributed by atoms with E-state index in [1.54, 1.807) is 4.88 Å². The van der Waals surface area contributed by atoms with Gasteiger partial charge in [-0.3, -0.25) is 9.89 Å². The van der Waals surface area contributed by atoms with Gasteiger partial charge in [-0.15, -0.1) is 11.3 Å². The fraction of sp³-hybridized carbons (Fsp3) is 0.476. The van der Waals surface area contributed by atoms with Gasteiger partial charge in [0, 0.05) is 57.1 Å². The van der Waals surface area contributed by atoms with Gasteiger partial charge in [0.25, 0.3) is 0 Å². The highest BCUT2D eigenvalue weighted by molar-refractivity contribution is 7.10. The zero-order valence-electron chi connectivity index (χ0n) is 15.5. The van der Waals surface area contributed by atoms with E-state index >= 15 is 0 Å². The van der Waals surface area contributed by atoms with Gasteiger partial charge in [-0.05, 0) is 35.4 Å².